The molecule has 0 spiro atoms. The Labute approximate surface area is 137 Å². The molecule has 0 aliphatic rings. The lowest BCUT2D eigenvalue weighted by Gasteiger charge is -2.07. The first-order valence-corrected chi connectivity index (χ1v) is 8.36. The predicted octanol–water partition coefficient (Wildman–Crippen LogP) is 5.08. The maximum atomic E-state index is 12.2. The number of ketones is 1. The molecule has 0 atom stereocenters. The molecule has 0 saturated carbocycles. The zero-order valence-corrected chi connectivity index (χ0v) is 14.2. The first kappa shape index (κ1) is 15.9. The van der Waals surface area contributed by atoms with Gasteiger partial charge in [-0.25, -0.2) is 0 Å². The molecule has 0 aliphatic carbocycles. The Morgan fingerprint density at radius 1 is 1.24 bits per heavy atom. The summed E-state index contributed by atoms with van der Waals surface area (Å²) in [5.41, 5.74) is 1.59. The number of thioether (sulfide) groups is 1. The highest BCUT2D eigenvalue weighted by Crippen LogP contribution is 2.28. The van der Waals surface area contributed by atoms with Crippen LogP contribution in [0.1, 0.15) is 15.9 Å². The van der Waals surface area contributed by atoms with Crippen molar-refractivity contribution in [1.29, 1.82) is 0 Å². The molecule has 0 amide bonds. The van der Waals surface area contributed by atoms with Gasteiger partial charge in [-0.1, -0.05) is 34.1 Å². The minimum atomic E-state index is -0.0447. The minimum absolute atomic E-state index is 0.0447. The highest BCUT2D eigenvalue weighted by molar-refractivity contribution is 9.10. The van der Waals surface area contributed by atoms with Gasteiger partial charge in [-0.2, -0.15) is 0 Å². The molecule has 4 heteroatoms. The van der Waals surface area contributed by atoms with Crippen LogP contribution in [0, 0.1) is 0 Å². The van der Waals surface area contributed by atoms with Crippen LogP contribution in [0.15, 0.2) is 57.9 Å². The van der Waals surface area contributed by atoms with Gasteiger partial charge in [0.2, 0.25) is 0 Å². The highest BCUT2D eigenvalue weighted by Gasteiger charge is 2.07. The number of benzene rings is 2. The summed E-state index contributed by atoms with van der Waals surface area (Å²) in [5, 5.41) is 0. The largest absolute Gasteiger partial charge is 0.496 e. The Morgan fingerprint density at radius 2 is 2.00 bits per heavy atom. The summed E-state index contributed by atoms with van der Waals surface area (Å²) in [5.74, 6) is 0.680. The van der Waals surface area contributed by atoms with Crippen molar-refractivity contribution in [1.82, 2.24) is 0 Å². The molecule has 0 radical (unpaired) electrons. The molecule has 0 aliphatic heterocycles. The van der Waals surface area contributed by atoms with Gasteiger partial charge in [0.05, 0.1) is 7.11 Å². The number of carbonyl (C=O) groups excluding carboxylic acids is 1. The molecule has 0 bridgehead atoms. The third kappa shape index (κ3) is 3.99. The van der Waals surface area contributed by atoms with Gasteiger partial charge in [0.15, 0.2) is 5.78 Å². The van der Waals surface area contributed by atoms with Crippen LogP contribution < -0.4 is 4.74 Å². The van der Waals surface area contributed by atoms with Crippen molar-refractivity contribution < 1.29 is 9.53 Å². The average molecular weight is 363 g/mol. The van der Waals surface area contributed by atoms with Crippen molar-refractivity contribution in [3.8, 4) is 5.75 Å². The number of methoxy groups -OCH3 is 1. The molecule has 0 saturated heterocycles. The normalized spacial score (nSPS) is 10.8. The number of carbonyl (C=O) groups is 1. The molecule has 21 heavy (non-hydrogen) atoms. The fourth-order valence-corrected chi connectivity index (χ4v) is 2.83. The summed E-state index contributed by atoms with van der Waals surface area (Å²) in [6, 6.07) is 13.3. The molecule has 2 aromatic rings. The number of allylic oxidation sites excluding steroid dienone is 1. The smallest absolute Gasteiger partial charge is 0.185 e. The van der Waals surface area contributed by atoms with Gasteiger partial charge in [-0.15, -0.1) is 11.8 Å². The maximum absolute atomic E-state index is 12.2. The van der Waals surface area contributed by atoms with Gasteiger partial charge in [0, 0.05) is 14.9 Å². The van der Waals surface area contributed by atoms with E-state index >= 15 is 0 Å². The van der Waals surface area contributed by atoms with E-state index in [9.17, 15) is 4.79 Å². The molecule has 0 fully saturated rings. The summed E-state index contributed by atoms with van der Waals surface area (Å²) in [6.07, 6.45) is 5.36. The lowest BCUT2D eigenvalue weighted by atomic mass is 10.1. The van der Waals surface area contributed by atoms with E-state index in [-0.39, 0.29) is 5.78 Å². The predicted molar refractivity (Wildman–Crippen MR) is 92.3 cm³/mol. The third-order valence-corrected chi connectivity index (χ3v) is 4.49. The van der Waals surface area contributed by atoms with Crippen LogP contribution in [-0.4, -0.2) is 19.1 Å². The Bertz CT molecular complexity index is 680. The fraction of sp³-hybridized carbons (Fsp3) is 0.118. The number of halogens is 1. The summed E-state index contributed by atoms with van der Waals surface area (Å²) >= 11 is 5.05. The SMILES string of the molecule is COc1cc(C(=O)/C=C/c2ccccc2Br)ccc1SC. The van der Waals surface area contributed by atoms with E-state index in [2.05, 4.69) is 15.9 Å². The van der Waals surface area contributed by atoms with Gasteiger partial charge in [-0.05, 0) is 48.2 Å². The van der Waals surface area contributed by atoms with Crippen LogP contribution >= 0.6 is 27.7 Å². The van der Waals surface area contributed by atoms with E-state index in [0.29, 0.717) is 5.56 Å². The zero-order valence-electron chi connectivity index (χ0n) is 11.8. The van der Waals surface area contributed by atoms with Crippen molar-refractivity contribution >= 4 is 39.6 Å². The van der Waals surface area contributed by atoms with Crippen LogP contribution in [0.4, 0.5) is 0 Å². The van der Waals surface area contributed by atoms with E-state index < -0.39 is 0 Å². The van der Waals surface area contributed by atoms with Crippen LogP contribution in [0.3, 0.4) is 0 Å². The lowest BCUT2D eigenvalue weighted by molar-refractivity contribution is 0.104. The van der Waals surface area contributed by atoms with Crippen LogP contribution in [-0.2, 0) is 0 Å². The fourth-order valence-electron chi connectivity index (χ4n) is 1.86. The van der Waals surface area contributed by atoms with Crippen molar-refractivity contribution in [2.45, 2.75) is 4.90 Å². The number of ether oxygens (including phenoxy) is 1. The molecule has 2 rings (SSSR count). The molecule has 0 aromatic heterocycles. The Hall–Kier alpha value is -1.52. The van der Waals surface area contributed by atoms with Crippen molar-refractivity contribution in [3.05, 3.63) is 64.1 Å². The summed E-state index contributed by atoms with van der Waals surface area (Å²) < 4.78 is 6.27. The minimum Gasteiger partial charge on any atom is -0.496 e. The van der Waals surface area contributed by atoms with E-state index in [1.807, 2.05) is 42.7 Å². The Balaban J connectivity index is 2.23. The van der Waals surface area contributed by atoms with Crippen molar-refractivity contribution in [2.24, 2.45) is 0 Å². The second-order valence-corrected chi connectivity index (χ2v) is 5.99. The third-order valence-electron chi connectivity index (χ3n) is 2.99. The topological polar surface area (TPSA) is 26.3 Å². The molecule has 0 unspecified atom stereocenters. The van der Waals surface area contributed by atoms with Gasteiger partial charge in [0.25, 0.3) is 0 Å². The Morgan fingerprint density at radius 3 is 2.67 bits per heavy atom. The van der Waals surface area contributed by atoms with Gasteiger partial charge < -0.3 is 4.74 Å². The second-order valence-electron chi connectivity index (χ2n) is 4.29. The molecule has 108 valence electrons. The summed E-state index contributed by atoms with van der Waals surface area (Å²) in [6.45, 7) is 0. The molecule has 2 nitrogen and oxygen atoms in total. The van der Waals surface area contributed by atoms with E-state index in [1.165, 1.54) is 0 Å². The number of hydrogen-bond acceptors (Lipinski definition) is 3. The quantitative estimate of drug-likeness (QED) is 0.421. The average Bonchev–Trinajstić information content (AvgIpc) is 2.53. The van der Waals surface area contributed by atoms with Gasteiger partial charge in [-0.3, -0.25) is 4.79 Å². The second kappa shape index (κ2) is 7.48. The van der Waals surface area contributed by atoms with Crippen LogP contribution in [0.2, 0.25) is 0 Å². The summed E-state index contributed by atoms with van der Waals surface area (Å²) in [7, 11) is 1.61. The van der Waals surface area contributed by atoms with Gasteiger partial charge >= 0.3 is 0 Å². The molecular weight excluding hydrogens is 348 g/mol. The molecule has 0 heterocycles. The lowest BCUT2D eigenvalue weighted by Crippen LogP contribution is -1.96. The monoisotopic (exact) mass is 362 g/mol. The van der Waals surface area contributed by atoms with Crippen molar-refractivity contribution in [3.63, 3.8) is 0 Å². The molecular formula is C17H15BrO2S. The Kier molecular flexibility index (Phi) is 5.65. The zero-order chi connectivity index (χ0) is 15.2. The molecule has 0 N–H and O–H groups in total. The van der Waals surface area contributed by atoms with Gasteiger partial charge in [0.1, 0.15) is 5.75 Å². The van der Waals surface area contributed by atoms with Crippen molar-refractivity contribution in [2.75, 3.05) is 13.4 Å². The number of hydrogen-bond donors (Lipinski definition) is 0. The van der Waals surface area contributed by atoms with E-state index in [0.717, 1.165) is 20.7 Å². The van der Waals surface area contributed by atoms with E-state index in [1.54, 1.807) is 37.1 Å². The molecule has 2 aromatic carbocycles. The highest BCUT2D eigenvalue weighted by atomic mass is 79.9. The first-order valence-electron chi connectivity index (χ1n) is 6.34. The standard InChI is InChI=1S/C17H15BrO2S/c1-20-16-11-13(8-10-17(16)21-2)15(19)9-7-12-5-3-4-6-14(12)18/h3-11H,1-2H3/b9-7+. The van der Waals surface area contributed by atoms with Crippen LogP contribution in [0.5, 0.6) is 5.75 Å². The van der Waals surface area contributed by atoms with E-state index in [4.69, 9.17) is 4.74 Å². The number of rotatable bonds is 5. The summed E-state index contributed by atoms with van der Waals surface area (Å²) in [4.78, 5) is 13.3. The first-order chi connectivity index (χ1) is 10.2. The maximum Gasteiger partial charge on any atom is 0.185 e. The van der Waals surface area contributed by atoms with Crippen LogP contribution in [0.25, 0.3) is 6.08 Å².